The van der Waals surface area contributed by atoms with E-state index in [1.807, 2.05) is 70.2 Å². The van der Waals surface area contributed by atoms with E-state index < -0.39 is 24.4 Å². The lowest BCUT2D eigenvalue weighted by atomic mass is 9.77. The number of nitrogens with one attached hydrogen (secondary N) is 1. The maximum Gasteiger partial charge on any atom is 0.492 e. The van der Waals surface area contributed by atoms with Crippen LogP contribution in [-0.2, 0) is 20.7 Å². The van der Waals surface area contributed by atoms with Crippen molar-refractivity contribution in [3.63, 3.8) is 0 Å². The number of ether oxygens (including phenoxy) is 2. The topological polar surface area (TPSA) is 78.9 Å². The average molecular weight is 424 g/mol. The van der Waals surface area contributed by atoms with Crippen molar-refractivity contribution in [2.45, 2.75) is 45.5 Å². The number of pyridine rings is 1. The van der Waals surface area contributed by atoms with Crippen molar-refractivity contribution >= 4 is 19.3 Å². The number of hydrogen-bond donors (Lipinski definition) is 1. The molecule has 2 aromatic rings. The summed E-state index contributed by atoms with van der Waals surface area (Å²) < 4.78 is 22.8. The zero-order valence-corrected chi connectivity index (χ0v) is 18.7. The fraction of sp³-hybridized carbons (Fsp3) is 0.391. The molecular weight excluding hydrogens is 395 g/mol. The van der Waals surface area contributed by atoms with Crippen LogP contribution >= 0.6 is 0 Å². The quantitative estimate of drug-likeness (QED) is 0.677. The van der Waals surface area contributed by atoms with Crippen LogP contribution in [0.15, 0.2) is 54.1 Å². The van der Waals surface area contributed by atoms with Gasteiger partial charge >= 0.3 is 13.2 Å². The van der Waals surface area contributed by atoms with Crippen LogP contribution in [0.5, 0.6) is 5.88 Å². The number of carbonyl (C=O) groups is 1. The molecule has 1 fully saturated rings. The van der Waals surface area contributed by atoms with Crippen LogP contribution in [0.1, 0.15) is 38.8 Å². The van der Waals surface area contributed by atoms with Crippen molar-refractivity contribution in [3.8, 4) is 5.88 Å². The highest BCUT2D eigenvalue weighted by Crippen LogP contribution is 2.38. The van der Waals surface area contributed by atoms with Crippen LogP contribution in [0, 0.1) is 0 Å². The predicted molar refractivity (Wildman–Crippen MR) is 119 cm³/mol. The van der Waals surface area contributed by atoms with Gasteiger partial charge in [-0.05, 0) is 50.4 Å². The smallest absolute Gasteiger partial charge is 0.481 e. The molecule has 0 unspecified atom stereocenters. The van der Waals surface area contributed by atoms with Crippen molar-refractivity contribution in [1.29, 1.82) is 0 Å². The first-order valence-corrected chi connectivity index (χ1v) is 10.2. The van der Waals surface area contributed by atoms with E-state index in [0.29, 0.717) is 5.88 Å². The maximum atomic E-state index is 12.3. The Morgan fingerprint density at radius 2 is 1.77 bits per heavy atom. The molecule has 31 heavy (non-hydrogen) atoms. The molecule has 0 spiro atoms. The maximum absolute atomic E-state index is 12.3. The van der Waals surface area contributed by atoms with Gasteiger partial charge in [-0.2, -0.15) is 0 Å². The third-order valence-corrected chi connectivity index (χ3v) is 5.53. The molecule has 1 aromatic carbocycles. The number of rotatable bonds is 7. The van der Waals surface area contributed by atoms with E-state index in [2.05, 4.69) is 10.3 Å². The Labute approximate surface area is 183 Å². The van der Waals surface area contributed by atoms with Gasteiger partial charge in [-0.25, -0.2) is 9.78 Å². The summed E-state index contributed by atoms with van der Waals surface area (Å²) in [5.74, 6) is 0.525. The first-order chi connectivity index (χ1) is 14.7. The van der Waals surface area contributed by atoms with Crippen molar-refractivity contribution in [3.05, 3.63) is 65.3 Å². The van der Waals surface area contributed by atoms with Gasteiger partial charge in [0.25, 0.3) is 0 Å². The molecule has 0 aliphatic carbocycles. The van der Waals surface area contributed by atoms with Gasteiger partial charge in [-0.15, -0.1) is 0 Å². The third kappa shape index (κ3) is 5.86. The summed E-state index contributed by atoms with van der Waals surface area (Å²) in [4.78, 5) is 16.5. The number of carbonyl (C=O) groups excluding carboxylic acids is 1. The highest BCUT2D eigenvalue weighted by atomic mass is 16.7. The van der Waals surface area contributed by atoms with E-state index in [-0.39, 0.29) is 13.2 Å². The highest BCUT2D eigenvalue weighted by molar-refractivity contribution is 6.56. The second-order valence-electron chi connectivity index (χ2n) is 8.36. The van der Waals surface area contributed by atoms with E-state index in [0.717, 1.165) is 16.6 Å². The number of benzene rings is 1. The number of methoxy groups -OCH3 is 1. The predicted octanol–water partition coefficient (Wildman–Crippen LogP) is 4.03. The van der Waals surface area contributed by atoms with Crippen LogP contribution in [0.25, 0.3) is 6.08 Å². The minimum Gasteiger partial charge on any atom is -0.481 e. The normalized spacial score (nSPS) is 17.3. The lowest BCUT2D eigenvalue weighted by Crippen LogP contribution is -2.41. The Kier molecular flexibility index (Phi) is 7.03. The second-order valence-corrected chi connectivity index (χ2v) is 8.36. The van der Waals surface area contributed by atoms with Gasteiger partial charge < -0.3 is 24.1 Å². The molecule has 1 amide bonds. The van der Waals surface area contributed by atoms with Crippen molar-refractivity contribution < 1.29 is 23.6 Å². The van der Waals surface area contributed by atoms with Crippen molar-refractivity contribution in [2.24, 2.45) is 0 Å². The first kappa shape index (κ1) is 22.8. The molecule has 0 atom stereocenters. The first-order valence-electron chi connectivity index (χ1n) is 10.2. The van der Waals surface area contributed by atoms with E-state index in [1.165, 1.54) is 0 Å². The molecule has 1 saturated heterocycles. The molecule has 7 nitrogen and oxygen atoms in total. The Balaban J connectivity index is 1.71. The van der Waals surface area contributed by atoms with Crippen LogP contribution in [0.2, 0.25) is 0 Å². The Morgan fingerprint density at radius 3 is 2.35 bits per heavy atom. The largest absolute Gasteiger partial charge is 0.492 e. The molecule has 3 rings (SSSR count). The molecule has 0 bridgehead atoms. The van der Waals surface area contributed by atoms with Crippen LogP contribution < -0.4 is 10.1 Å². The number of aromatic nitrogens is 1. The second kappa shape index (κ2) is 9.53. The molecular formula is C23H29BN2O5. The number of amides is 1. The lowest BCUT2D eigenvalue weighted by molar-refractivity contribution is 0.00578. The molecule has 2 heterocycles. The van der Waals surface area contributed by atoms with E-state index in [9.17, 15) is 4.79 Å². The van der Waals surface area contributed by atoms with Gasteiger partial charge in [-0.1, -0.05) is 36.4 Å². The summed E-state index contributed by atoms with van der Waals surface area (Å²) in [5, 5.41) is 2.79. The summed E-state index contributed by atoms with van der Waals surface area (Å²) in [5.41, 5.74) is 1.52. The summed E-state index contributed by atoms with van der Waals surface area (Å²) >= 11 is 0. The monoisotopic (exact) mass is 424 g/mol. The summed E-state index contributed by atoms with van der Waals surface area (Å²) in [6.45, 7) is 8.35. The summed E-state index contributed by atoms with van der Waals surface area (Å²) in [7, 11) is 0.958. The zero-order chi connectivity index (χ0) is 22.5. The van der Waals surface area contributed by atoms with Gasteiger partial charge in [0.2, 0.25) is 5.88 Å². The minimum absolute atomic E-state index is 0.199. The number of alkyl carbamates (subject to hydrolysis) is 1. The third-order valence-electron chi connectivity index (χ3n) is 5.53. The van der Waals surface area contributed by atoms with Gasteiger partial charge in [0.1, 0.15) is 6.61 Å². The Hall–Kier alpha value is -2.84. The van der Waals surface area contributed by atoms with Crippen LogP contribution in [-0.4, -0.2) is 43.1 Å². The average Bonchev–Trinajstić information content (AvgIpc) is 2.97. The van der Waals surface area contributed by atoms with Gasteiger partial charge in [0, 0.05) is 18.8 Å². The minimum atomic E-state index is -0.610. The van der Waals surface area contributed by atoms with Gasteiger partial charge in [0.15, 0.2) is 0 Å². The van der Waals surface area contributed by atoms with E-state index >= 15 is 0 Å². The molecule has 0 radical (unpaired) electrons. The van der Waals surface area contributed by atoms with Crippen molar-refractivity contribution in [2.75, 3.05) is 13.7 Å². The molecule has 1 aromatic heterocycles. The number of nitrogens with zero attached hydrogens (tertiary/aromatic N) is 1. The molecule has 0 saturated carbocycles. The Bertz CT molecular complexity index is 897. The summed E-state index contributed by atoms with van der Waals surface area (Å²) in [6.07, 6.45) is 3.07. The van der Waals surface area contributed by atoms with E-state index in [1.54, 1.807) is 19.4 Å². The molecule has 8 heteroatoms. The SMILES string of the molecule is COc1ccc(C=C(CNC(=O)OCc2ccccc2)B2OC(C)(C)C(C)(C)O2)cn1. The summed E-state index contributed by atoms with van der Waals surface area (Å²) in [6, 6.07) is 13.2. The van der Waals surface area contributed by atoms with Crippen LogP contribution in [0.3, 0.4) is 0 Å². The highest BCUT2D eigenvalue weighted by Gasteiger charge is 2.52. The molecule has 1 N–H and O–H groups in total. The molecule has 164 valence electrons. The molecule has 1 aliphatic heterocycles. The van der Waals surface area contributed by atoms with Crippen LogP contribution in [0.4, 0.5) is 4.79 Å². The number of hydrogen-bond acceptors (Lipinski definition) is 6. The fourth-order valence-electron chi connectivity index (χ4n) is 2.96. The van der Waals surface area contributed by atoms with E-state index in [4.69, 9.17) is 18.8 Å². The van der Waals surface area contributed by atoms with Crippen molar-refractivity contribution in [1.82, 2.24) is 10.3 Å². The fourth-order valence-corrected chi connectivity index (χ4v) is 2.96. The lowest BCUT2D eigenvalue weighted by Gasteiger charge is -2.32. The standard InChI is InChI=1S/C23H29BN2O5/c1-22(2)23(3,4)31-24(30-22)19(13-18-11-12-20(28-5)25-14-18)15-26-21(27)29-16-17-9-7-6-8-10-17/h6-14H,15-16H2,1-5H3,(H,26,27). The Morgan fingerprint density at radius 1 is 1.10 bits per heavy atom. The molecule has 1 aliphatic rings. The van der Waals surface area contributed by atoms with Gasteiger partial charge in [-0.3, -0.25) is 0 Å². The zero-order valence-electron chi connectivity index (χ0n) is 18.7. The van der Waals surface area contributed by atoms with Gasteiger partial charge in [0.05, 0.1) is 18.3 Å².